The molecule has 0 unspecified atom stereocenters. The van der Waals surface area contributed by atoms with E-state index in [1.54, 1.807) is 6.07 Å². The van der Waals surface area contributed by atoms with E-state index in [2.05, 4.69) is 10.6 Å². The molecule has 168 valence electrons. The van der Waals surface area contributed by atoms with Gasteiger partial charge in [-0.05, 0) is 61.9 Å². The van der Waals surface area contributed by atoms with Crippen LogP contribution in [0.15, 0.2) is 42.5 Å². The molecule has 3 aromatic rings. The fourth-order valence-electron chi connectivity index (χ4n) is 4.18. The highest BCUT2D eigenvalue weighted by Crippen LogP contribution is 2.28. The van der Waals surface area contributed by atoms with E-state index in [1.807, 2.05) is 43.3 Å². The number of para-hydroxylation sites is 1. The van der Waals surface area contributed by atoms with Crippen LogP contribution in [0, 0.1) is 5.92 Å². The number of amides is 1. The molecule has 1 amide bonds. The molecule has 1 aliphatic rings. The predicted octanol–water partition coefficient (Wildman–Crippen LogP) is 4.46. The maximum atomic E-state index is 12.4. The first-order chi connectivity index (χ1) is 15.4. The van der Waals surface area contributed by atoms with Gasteiger partial charge in [0.1, 0.15) is 11.6 Å². The lowest BCUT2D eigenvalue weighted by Crippen LogP contribution is -2.34. The Labute approximate surface area is 192 Å². The first-order valence-corrected chi connectivity index (χ1v) is 11.3. The first kappa shape index (κ1) is 22.1. The molecule has 0 spiro atoms. The van der Waals surface area contributed by atoms with Crippen molar-refractivity contribution >= 4 is 40.2 Å². The number of halogens is 1. The molecule has 1 aliphatic carbocycles. The summed E-state index contributed by atoms with van der Waals surface area (Å²) in [6.45, 7) is 0.578. The van der Waals surface area contributed by atoms with Crippen molar-refractivity contribution < 1.29 is 9.90 Å². The molecule has 3 N–H and O–H groups in total. The first-order valence-electron chi connectivity index (χ1n) is 10.9. The highest BCUT2D eigenvalue weighted by molar-refractivity contribution is 6.31. The Hall–Kier alpha value is -3.06. The minimum absolute atomic E-state index is 0.0627. The number of carbonyl (C=O) groups excluding carboxylic acids is 1. The van der Waals surface area contributed by atoms with E-state index in [0.29, 0.717) is 29.5 Å². The molecular formula is C24H28ClN5O2. The average Bonchev–Trinajstić information content (AvgIpc) is 2.79. The lowest BCUT2D eigenvalue weighted by molar-refractivity contribution is 0.0940. The van der Waals surface area contributed by atoms with E-state index < -0.39 is 0 Å². The summed E-state index contributed by atoms with van der Waals surface area (Å²) < 4.78 is 0. The number of anilines is 2. The summed E-state index contributed by atoms with van der Waals surface area (Å²) >= 11 is 5.94. The van der Waals surface area contributed by atoms with E-state index in [4.69, 9.17) is 21.6 Å². The minimum atomic E-state index is -0.300. The molecular weight excluding hydrogens is 426 g/mol. The third kappa shape index (κ3) is 5.05. The van der Waals surface area contributed by atoms with Crippen molar-refractivity contribution in [3.05, 3.63) is 53.1 Å². The van der Waals surface area contributed by atoms with Crippen LogP contribution in [-0.2, 0) is 0 Å². The lowest BCUT2D eigenvalue weighted by Gasteiger charge is -2.29. The second kappa shape index (κ2) is 9.61. The van der Waals surface area contributed by atoms with Gasteiger partial charge in [-0.25, -0.2) is 4.98 Å². The summed E-state index contributed by atoms with van der Waals surface area (Å²) in [6.07, 6.45) is 3.95. The number of rotatable bonds is 6. The van der Waals surface area contributed by atoms with Crippen molar-refractivity contribution in [2.75, 3.05) is 30.9 Å². The van der Waals surface area contributed by atoms with Gasteiger partial charge in [-0.15, -0.1) is 0 Å². The Morgan fingerprint density at radius 3 is 2.62 bits per heavy atom. The highest BCUT2D eigenvalue weighted by atomic mass is 35.5. The molecule has 0 bridgehead atoms. The minimum Gasteiger partial charge on any atom is -0.507 e. The van der Waals surface area contributed by atoms with Crippen molar-refractivity contribution in [3.8, 4) is 5.75 Å². The van der Waals surface area contributed by atoms with E-state index in [-0.39, 0.29) is 17.2 Å². The fourth-order valence-corrected chi connectivity index (χ4v) is 4.35. The molecule has 2 aromatic carbocycles. The summed E-state index contributed by atoms with van der Waals surface area (Å²) in [7, 11) is 3.97. The predicted molar refractivity (Wildman–Crippen MR) is 129 cm³/mol. The van der Waals surface area contributed by atoms with Gasteiger partial charge in [0.05, 0.1) is 11.1 Å². The summed E-state index contributed by atoms with van der Waals surface area (Å²) in [6, 6.07) is 12.8. The van der Waals surface area contributed by atoms with Crippen molar-refractivity contribution in [3.63, 3.8) is 0 Å². The van der Waals surface area contributed by atoms with Crippen LogP contribution in [0.1, 0.15) is 36.0 Å². The van der Waals surface area contributed by atoms with Crippen LogP contribution in [0.3, 0.4) is 0 Å². The van der Waals surface area contributed by atoms with Gasteiger partial charge in [0.15, 0.2) is 0 Å². The van der Waals surface area contributed by atoms with E-state index >= 15 is 0 Å². The molecule has 1 fully saturated rings. The normalized spacial score (nSPS) is 18.3. The quantitative estimate of drug-likeness (QED) is 0.510. The Kier molecular flexibility index (Phi) is 6.65. The number of aromatic nitrogens is 2. The van der Waals surface area contributed by atoms with Crippen LogP contribution in [0.4, 0.5) is 11.8 Å². The van der Waals surface area contributed by atoms with Crippen molar-refractivity contribution in [1.29, 1.82) is 0 Å². The number of hydrogen-bond acceptors (Lipinski definition) is 6. The summed E-state index contributed by atoms with van der Waals surface area (Å²) in [5.74, 6) is 1.59. The molecule has 0 saturated heterocycles. The third-order valence-electron chi connectivity index (χ3n) is 5.94. The molecule has 0 radical (unpaired) electrons. The maximum Gasteiger partial charge on any atom is 0.255 e. The van der Waals surface area contributed by atoms with Crippen molar-refractivity contribution in [2.24, 2.45) is 5.92 Å². The van der Waals surface area contributed by atoms with E-state index in [1.165, 1.54) is 12.1 Å². The summed E-state index contributed by atoms with van der Waals surface area (Å²) in [5, 5.41) is 17.8. The fraction of sp³-hybridized carbons (Fsp3) is 0.375. The largest absolute Gasteiger partial charge is 0.507 e. The van der Waals surface area contributed by atoms with Gasteiger partial charge in [0.2, 0.25) is 5.95 Å². The Morgan fingerprint density at radius 1 is 1.12 bits per heavy atom. The molecule has 32 heavy (non-hydrogen) atoms. The van der Waals surface area contributed by atoms with Gasteiger partial charge in [0, 0.05) is 37.1 Å². The third-order valence-corrected chi connectivity index (χ3v) is 6.18. The van der Waals surface area contributed by atoms with Crippen molar-refractivity contribution in [1.82, 2.24) is 15.3 Å². The Morgan fingerprint density at radius 2 is 1.88 bits per heavy atom. The van der Waals surface area contributed by atoms with E-state index in [9.17, 15) is 9.90 Å². The highest BCUT2D eigenvalue weighted by Gasteiger charge is 2.23. The van der Waals surface area contributed by atoms with Gasteiger partial charge >= 0.3 is 0 Å². The molecule has 8 heteroatoms. The van der Waals surface area contributed by atoms with Crippen LogP contribution in [0.5, 0.6) is 5.75 Å². The van der Waals surface area contributed by atoms with Crippen LogP contribution in [0.25, 0.3) is 10.9 Å². The number of benzene rings is 2. The molecule has 0 aliphatic heterocycles. The number of hydrogen-bond donors (Lipinski definition) is 3. The number of carbonyl (C=O) groups is 1. The zero-order valence-corrected chi connectivity index (χ0v) is 19.1. The molecule has 4 rings (SSSR count). The van der Waals surface area contributed by atoms with Crippen LogP contribution < -0.4 is 15.5 Å². The monoisotopic (exact) mass is 453 g/mol. The number of nitrogens with one attached hydrogen (secondary N) is 2. The second-order valence-corrected chi connectivity index (χ2v) is 8.95. The second-order valence-electron chi connectivity index (χ2n) is 8.52. The van der Waals surface area contributed by atoms with Gasteiger partial charge < -0.3 is 20.6 Å². The Balaban J connectivity index is 1.32. The zero-order valence-electron chi connectivity index (χ0n) is 18.3. The van der Waals surface area contributed by atoms with Crippen LogP contribution in [-0.4, -0.2) is 47.7 Å². The molecule has 7 nitrogen and oxygen atoms in total. The smallest absolute Gasteiger partial charge is 0.255 e. The number of phenols is 1. The number of phenolic OH excluding ortho intramolecular Hbond substituents is 1. The SMILES string of the molecule is CN(C)c1nc(N[C@H]2CC[C@@H](CNC(=O)c3cc(Cl)ccc3O)CC2)nc2ccccc12. The van der Waals surface area contributed by atoms with Gasteiger partial charge in [-0.2, -0.15) is 4.98 Å². The number of fused-ring (bicyclic) bond motifs is 1. The molecule has 1 aromatic heterocycles. The topological polar surface area (TPSA) is 90.4 Å². The van der Waals surface area contributed by atoms with Gasteiger partial charge in [0.25, 0.3) is 5.91 Å². The number of aromatic hydroxyl groups is 1. The summed E-state index contributed by atoms with van der Waals surface area (Å²) in [5.41, 5.74) is 1.13. The van der Waals surface area contributed by atoms with Crippen LogP contribution in [0.2, 0.25) is 5.02 Å². The van der Waals surface area contributed by atoms with Crippen molar-refractivity contribution in [2.45, 2.75) is 31.7 Å². The van der Waals surface area contributed by atoms with E-state index in [0.717, 1.165) is 42.4 Å². The lowest BCUT2D eigenvalue weighted by atomic mass is 9.86. The molecule has 0 atom stereocenters. The molecule has 1 heterocycles. The average molecular weight is 454 g/mol. The summed E-state index contributed by atoms with van der Waals surface area (Å²) in [4.78, 5) is 23.8. The standard InChI is InChI=1S/C24H28ClN5O2/c1-30(2)22-18-5-3-4-6-20(18)28-24(29-22)27-17-10-7-15(8-11-17)14-26-23(32)19-13-16(25)9-12-21(19)31/h3-6,9,12-13,15,17,31H,7-8,10-11,14H2,1-2H3,(H,26,32)(H,27,28,29)/t15-,17+. The van der Waals surface area contributed by atoms with Gasteiger partial charge in [-0.1, -0.05) is 23.7 Å². The number of nitrogens with zero attached hydrogens (tertiary/aromatic N) is 3. The van der Waals surface area contributed by atoms with Crippen LogP contribution >= 0.6 is 11.6 Å². The van der Waals surface area contributed by atoms with Gasteiger partial charge in [-0.3, -0.25) is 4.79 Å². The Bertz CT molecular complexity index is 1110. The zero-order chi connectivity index (χ0) is 22.7. The maximum absolute atomic E-state index is 12.4. The molecule has 1 saturated carbocycles.